The SMILES string of the molecule is NS(=O)(=O)c1cccc(CNc2c(Nc3ccc(O)cc3)c(=O)c2=O)c1. The highest BCUT2D eigenvalue weighted by Gasteiger charge is 2.21. The minimum Gasteiger partial charge on any atom is -0.508 e. The number of rotatable bonds is 6. The van der Waals surface area contributed by atoms with Crippen LogP contribution < -0.4 is 26.6 Å². The largest absolute Gasteiger partial charge is 0.508 e. The molecule has 3 aromatic carbocycles. The van der Waals surface area contributed by atoms with Gasteiger partial charge in [-0.1, -0.05) is 12.1 Å². The molecule has 0 aliphatic heterocycles. The molecule has 0 heterocycles. The first-order valence-corrected chi connectivity index (χ1v) is 9.05. The summed E-state index contributed by atoms with van der Waals surface area (Å²) in [6.45, 7) is 0.137. The van der Waals surface area contributed by atoms with Crippen molar-refractivity contribution in [1.29, 1.82) is 0 Å². The van der Waals surface area contributed by atoms with E-state index in [0.717, 1.165) is 0 Å². The third kappa shape index (κ3) is 3.58. The van der Waals surface area contributed by atoms with Gasteiger partial charge in [0, 0.05) is 12.2 Å². The summed E-state index contributed by atoms with van der Waals surface area (Å²) in [5, 5.41) is 20.0. The molecule has 0 bridgehead atoms. The number of anilines is 3. The van der Waals surface area contributed by atoms with E-state index in [1.165, 1.54) is 30.3 Å². The van der Waals surface area contributed by atoms with Gasteiger partial charge >= 0.3 is 0 Å². The van der Waals surface area contributed by atoms with Crippen LogP contribution in [0.15, 0.2) is 63.0 Å². The monoisotopic (exact) mass is 373 g/mol. The van der Waals surface area contributed by atoms with E-state index in [4.69, 9.17) is 5.14 Å². The summed E-state index contributed by atoms with van der Waals surface area (Å²) in [6, 6.07) is 12.0. The maximum atomic E-state index is 11.8. The van der Waals surface area contributed by atoms with E-state index in [9.17, 15) is 23.1 Å². The number of hydrogen-bond acceptors (Lipinski definition) is 7. The van der Waals surface area contributed by atoms with Gasteiger partial charge in [0.25, 0.3) is 10.9 Å². The number of nitrogens with one attached hydrogen (secondary N) is 2. The number of primary sulfonamides is 1. The second kappa shape index (κ2) is 6.62. The molecule has 0 saturated carbocycles. The Bertz CT molecular complexity index is 1130. The van der Waals surface area contributed by atoms with Crippen molar-refractivity contribution < 1.29 is 13.5 Å². The Morgan fingerprint density at radius 3 is 2.27 bits per heavy atom. The predicted molar refractivity (Wildman–Crippen MR) is 97.9 cm³/mol. The minimum atomic E-state index is -3.82. The fraction of sp³-hybridized carbons (Fsp3) is 0.0588. The van der Waals surface area contributed by atoms with E-state index < -0.39 is 20.9 Å². The number of nitrogens with two attached hydrogens (primary N) is 1. The molecule has 134 valence electrons. The molecule has 0 spiro atoms. The lowest BCUT2D eigenvalue weighted by atomic mass is 10.1. The zero-order valence-corrected chi connectivity index (χ0v) is 14.2. The Hall–Kier alpha value is -3.17. The minimum absolute atomic E-state index is 0.0377. The summed E-state index contributed by atoms with van der Waals surface area (Å²) in [5.41, 5.74) is 0.0365. The first-order chi connectivity index (χ1) is 12.3. The average Bonchev–Trinajstić information content (AvgIpc) is 2.61. The Kier molecular flexibility index (Phi) is 4.49. The average molecular weight is 373 g/mol. The van der Waals surface area contributed by atoms with Gasteiger partial charge in [0.15, 0.2) is 0 Å². The Labute approximate surface area is 148 Å². The second-order valence-electron chi connectivity index (χ2n) is 5.63. The number of phenols is 1. The second-order valence-corrected chi connectivity index (χ2v) is 7.19. The normalized spacial score (nSPS) is 11.4. The molecule has 5 N–H and O–H groups in total. The van der Waals surface area contributed by atoms with Gasteiger partial charge in [0.1, 0.15) is 17.1 Å². The van der Waals surface area contributed by atoms with Crippen molar-refractivity contribution in [3.63, 3.8) is 0 Å². The number of hydrogen-bond donors (Lipinski definition) is 4. The molecule has 0 radical (unpaired) electrons. The lowest BCUT2D eigenvalue weighted by Crippen LogP contribution is -2.36. The van der Waals surface area contributed by atoms with Crippen LogP contribution in [0, 0.1) is 0 Å². The van der Waals surface area contributed by atoms with E-state index in [2.05, 4.69) is 10.6 Å². The molecule has 9 heteroatoms. The highest BCUT2D eigenvalue weighted by molar-refractivity contribution is 7.89. The highest BCUT2D eigenvalue weighted by Crippen LogP contribution is 2.23. The van der Waals surface area contributed by atoms with Crippen molar-refractivity contribution in [1.82, 2.24) is 0 Å². The van der Waals surface area contributed by atoms with Gasteiger partial charge in [-0.15, -0.1) is 0 Å². The molecule has 26 heavy (non-hydrogen) atoms. The Morgan fingerprint density at radius 1 is 0.962 bits per heavy atom. The van der Waals surface area contributed by atoms with Crippen molar-refractivity contribution in [2.75, 3.05) is 10.6 Å². The van der Waals surface area contributed by atoms with Gasteiger partial charge in [-0.2, -0.15) is 0 Å². The molecule has 3 rings (SSSR count). The van der Waals surface area contributed by atoms with Gasteiger partial charge < -0.3 is 15.7 Å². The van der Waals surface area contributed by atoms with Crippen molar-refractivity contribution in [2.24, 2.45) is 5.14 Å². The Balaban J connectivity index is 1.77. The van der Waals surface area contributed by atoms with Crippen LogP contribution in [0.3, 0.4) is 0 Å². The van der Waals surface area contributed by atoms with Crippen molar-refractivity contribution in [3.05, 3.63) is 74.5 Å². The first kappa shape index (κ1) is 17.6. The van der Waals surface area contributed by atoms with Crippen LogP contribution in [0.4, 0.5) is 17.1 Å². The third-order valence-electron chi connectivity index (χ3n) is 3.74. The zero-order valence-electron chi connectivity index (χ0n) is 13.4. The summed E-state index contributed by atoms with van der Waals surface area (Å²) in [4.78, 5) is 23.5. The molecule has 3 aromatic rings. The fourth-order valence-electron chi connectivity index (χ4n) is 2.39. The van der Waals surface area contributed by atoms with Gasteiger partial charge in [0.05, 0.1) is 4.90 Å². The summed E-state index contributed by atoms with van der Waals surface area (Å²) in [6.07, 6.45) is 0. The van der Waals surface area contributed by atoms with Crippen molar-refractivity contribution in [2.45, 2.75) is 11.4 Å². The van der Waals surface area contributed by atoms with Crippen LogP contribution in [0.5, 0.6) is 5.75 Å². The first-order valence-electron chi connectivity index (χ1n) is 7.50. The number of phenolic OH excluding ortho intramolecular Hbond substituents is 1. The topological polar surface area (TPSA) is 139 Å². The quantitative estimate of drug-likeness (QED) is 0.373. The van der Waals surface area contributed by atoms with E-state index in [0.29, 0.717) is 11.3 Å². The van der Waals surface area contributed by atoms with Gasteiger partial charge in [-0.3, -0.25) is 9.59 Å². The lowest BCUT2D eigenvalue weighted by molar-refractivity contribution is 0.475. The summed E-state index contributed by atoms with van der Waals surface area (Å²) in [7, 11) is -3.82. The summed E-state index contributed by atoms with van der Waals surface area (Å²) in [5.74, 6) is 0.0774. The molecule has 0 aromatic heterocycles. The highest BCUT2D eigenvalue weighted by atomic mass is 32.2. The van der Waals surface area contributed by atoms with E-state index in [1.807, 2.05) is 0 Å². The van der Waals surface area contributed by atoms with Crippen LogP contribution in [0.1, 0.15) is 5.56 Å². The van der Waals surface area contributed by atoms with Crippen molar-refractivity contribution in [3.8, 4) is 5.75 Å². The van der Waals surface area contributed by atoms with Crippen LogP contribution >= 0.6 is 0 Å². The fourth-order valence-corrected chi connectivity index (χ4v) is 2.98. The van der Waals surface area contributed by atoms with Gasteiger partial charge in [-0.05, 0) is 42.0 Å². The molecule has 0 amide bonds. The summed E-state index contributed by atoms with van der Waals surface area (Å²) < 4.78 is 22.8. The van der Waals surface area contributed by atoms with Gasteiger partial charge in [-0.25, -0.2) is 13.6 Å². The van der Waals surface area contributed by atoms with Crippen LogP contribution in [-0.2, 0) is 16.6 Å². The number of benzene rings is 2. The van der Waals surface area contributed by atoms with Crippen molar-refractivity contribution >= 4 is 27.1 Å². The third-order valence-corrected chi connectivity index (χ3v) is 4.65. The zero-order chi connectivity index (χ0) is 18.9. The van der Waals surface area contributed by atoms with E-state index in [-0.39, 0.29) is 28.6 Å². The molecule has 0 aliphatic rings. The number of aromatic hydroxyl groups is 1. The van der Waals surface area contributed by atoms with E-state index >= 15 is 0 Å². The molecule has 0 atom stereocenters. The molecular formula is C17H15N3O5S. The lowest BCUT2D eigenvalue weighted by Gasteiger charge is -2.15. The molecule has 0 fully saturated rings. The molecular weight excluding hydrogens is 358 g/mol. The van der Waals surface area contributed by atoms with Crippen LogP contribution in [-0.4, -0.2) is 13.5 Å². The molecule has 0 saturated heterocycles. The maximum absolute atomic E-state index is 11.8. The van der Waals surface area contributed by atoms with Crippen LogP contribution in [0.25, 0.3) is 0 Å². The maximum Gasteiger partial charge on any atom is 0.253 e. The molecule has 0 aliphatic carbocycles. The molecule has 0 unspecified atom stereocenters. The number of sulfonamides is 1. The van der Waals surface area contributed by atoms with Crippen LogP contribution in [0.2, 0.25) is 0 Å². The van der Waals surface area contributed by atoms with Gasteiger partial charge in [0.2, 0.25) is 10.0 Å². The Morgan fingerprint density at radius 2 is 1.62 bits per heavy atom. The molecule has 8 nitrogen and oxygen atoms in total. The standard InChI is InChI=1S/C17H15N3O5S/c18-26(24,25)13-3-1-2-10(8-13)9-19-14-15(17(23)16(14)22)20-11-4-6-12(21)7-5-11/h1-8,19-21H,9H2,(H2,18,24,25). The van der Waals surface area contributed by atoms with E-state index in [1.54, 1.807) is 18.2 Å². The predicted octanol–water partition coefficient (Wildman–Crippen LogP) is 0.991. The smallest absolute Gasteiger partial charge is 0.253 e. The summed E-state index contributed by atoms with van der Waals surface area (Å²) >= 11 is 0.